The van der Waals surface area contributed by atoms with Crippen LogP contribution in [-0.4, -0.2) is 36.9 Å². The average Bonchev–Trinajstić information content (AvgIpc) is 2.69. The molecule has 0 spiro atoms. The van der Waals surface area contributed by atoms with Crippen LogP contribution in [0.4, 0.5) is 0 Å². The van der Waals surface area contributed by atoms with Gasteiger partial charge in [-0.1, -0.05) is 19.1 Å². The Balaban J connectivity index is 1.88. The van der Waals surface area contributed by atoms with Gasteiger partial charge in [0, 0.05) is 25.7 Å². The molecule has 136 valence electrons. The molecule has 0 amide bonds. The largest absolute Gasteiger partial charge is 0.494 e. The molecule has 0 aliphatic heterocycles. The Kier molecular flexibility index (Phi) is 6.39. The topological polar surface area (TPSA) is 53.5 Å². The van der Waals surface area contributed by atoms with Crippen molar-refractivity contribution in [2.24, 2.45) is 0 Å². The van der Waals surface area contributed by atoms with Gasteiger partial charge in [-0.15, -0.1) is 0 Å². The van der Waals surface area contributed by atoms with Crippen LogP contribution in [-0.2, 0) is 4.74 Å². The van der Waals surface area contributed by atoms with E-state index >= 15 is 0 Å². The average molecular weight is 352 g/mol. The van der Waals surface area contributed by atoms with E-state index in [0.29, 0.717) is 31.5 Å². The zero-order chi connectivity index (χ0) is 18.2. The van der Waals surface area contributed by atoms with Crippen LogP contribution in [0, 0.1) is 0 Å². The third-order valence-electron chi connectivity index (χ3n) is 3.89. The van der Waals surface area contributed by atoms with Gasteiger partial charge in [-0.2, -0.15) is 4.98 Å². The van der Waals surface area contributed by atoms with Gasteiger partial charge in [0.1, 0.15) is 5.75 Å². The number of rotatable bonds is 9. The molecule has 0 saturated carbocycles. The van der Waals surface area contributed by atoms with E-state index in [1.807, 2.05) is 48.5 Å². The maximum absolute atomic E-state index is 5.90. The molecule has 1 heterocycles. The number of ether oxygens (including phenoxy) is 3. The third kappa shape index (κ3) is 4.49. The Morgan fingerprint density at radius 3 is 2.42 bits per heavy atom. The minimum atomic E-state index is 0.554. The van der Waals surface area contributed by atoms with Gasteiger partial charge in [0.15, 0.2) is 5.82 Å². The predicted octanol–water partition coefficient (Wildman–Crippen LogP) is 4.50. The molecule has 3 rings (SSSR count). The molecular formula is C21H24N2O3. The first kappa shape index (κ1) is 18.1. The zero-order valence-corrected chi connectivity index (χ0v) is 15.3. The van der Waals surface area contributed by atoms with E-state index in [2.05, 4.69) is 16.9 Å². The number of benzene rings is 2. The fraction of sp³-hybridized carbons (Fsp3) is 0.333. The standard InChI is InChI=1S/C21H24N2O3/c1-3-13-25-17-11-9-16(10-12-17)20-22-19-8-5-4-7-18(19)21(23-20)26-15-6-14-24-2/h4-5,7-12H,3,6,13-15H2,1-2H3. The lowest BCUT2D eigenvalue weighted by atomic mass is 10.2. The Morgan fingerprint density at radius 1 is 0.846 bits per heavy atom. The molecule has 0 radical (unpaired) electrons. The summed E-state index contributed by atoms with van der Waals surface area (Å²) in [6.07, 6.45) is 1.80. The lowest BCUT2D eigenvalue weighted by molar-refractivity contribution is 0.171. The van der Waals surface area contributed by atoms with Crippen LogP contribution in [0.1, 0.15) is 19.8 Å². The van der Waals surface area contributed by atoms with Crippen LogP contribution in [0.15, 0.2) is 48.5 Å². The second-order valence-corrected chi connectivity index (χ2v) is 5.94. The molecule has 0 unspecified atom stereocenters. The highest BCUT2D eigenvalue weighted by Gasteiger charge is 2.10. The highest BCUT2D eigenvalue weighted by molar-refractivity contribution is 5.85. The van der Waals surface area contributed by atoms with Crippen molar-refractivity contribution in [3.05, 3.63) is 48.5 Å². The zero-order valence-electron chi connectivity index (χ0n) is 15.3. The molecule has 0 bridgehead atoms. The van der Waals surface area contributed by atoms with Crippen molar-refractivity contribution >= 4 is 10.9 Å². The van der Waals surface area contributed by atoms with E-state index in [4.69, 9.17) is 14.2 Å². The highest BCUT2D eigenvalue weighted by atomic mass is 16.5. The molecule has 0 aliphatic rings. The molecule has 5 heteroatoms. The molecule has 0 saturated heterocycles. The van der Waals surface area contributed by atoms with E-state index < -0.39 is 0 Å². The van der Waals surface area contributed by atoms with E-state index in [1.54, 1.807) is 7.11 Å². The SMILES string of the molecule is CCCOc1ccc(-c2nc(OCCCOC)c3ccccc3n2)cc1. The summed E-state index contributed by atoms with van der Waals surface area (Å²) in [5, 5.41) is 0.913. The minimum absolute atomic E-state index is 0.554. The summed E-state index contributed by atoms with van der Waals surface area (Å²) in [5.74, 6) is 2.10. The van der Waals surface area contributed by atoms with Crippen LogP contribution in [0.5, 0.6) is 11.6 Å². The number of methoxy groups -OCH3 is 1. The Labute approximate surface area is 154 Å². The van der Waals surface area contributed by atoms with Crippen LogP contribution in [0.25, 0.3) is 22.3 Å². The first-order valence-electron chi connectivity index (χ1n) is 8.93. The molecule has 26 heavy (non-hydrogen) atoms. The van der Waals surface area contributed by atoms with Crippen molar-refractivity contribution in [2.45, 2.75) is 19.8 Å². The van der Waals surface area contributed by atoms with Gasteiger partial charge < -0.3 is 14.2 Å². The molecule has 5 nitrogen and oxygen atoms in total. The van der Waals surface area contributed by atoms with Crippen molar-refractivity contribution in [1.29, 1.82) is 0 Å². The van der Waals surface area contributed by atoms with Gasteiger partial charge in [-0.3, -0.25) is 0 Å². The number of hydrogen-bond acceptors (Lipinski definition) is 5. The van der Waals surface area contributed by atoms with Crippen LogP contribution in [0.3, 0.4) is 0 Å². The fourth-order valence-corrected chi connectivity index (χ4v) is 2.58. The second-order valence-electron chi connectivity index (χ2n) is 5.94. The van der Waals surface area contributed by atoms with Crippen molar-refractivity contribution in [3.8, 4) is 23.0 Å². The van der Waals surface area contributed by atoms with E-state index in [9.17, 15) is 0 Å². The minimum Gasteiger partial charge on any atom is -0.494 e. The molecule has 3 aromatic rings. The van der Waals surface area contributed by atoms with Crippen LogP contribution in [0.2, 0.25) is 0 Å². The maximum atomic E-state index is 5.90. The Bertz CT molecular complexity index is 834. The molecule has 0 N–H and O–H groups in total. The van der Waals surface area contributed by atoms with Gasteiger partial charge in [-0.05, 0) is 42.8 Å². The smallest absolute Gasteiger partial charge is 0.225 e. The van der Waals surface area contributed by atoms with Crippen molar-refractivity contribution < 1.29 is 14.2 Å². The number of aromatic nitrogens is 2. The predicted molar refractivity (Wildman–Crippen MR) is 103 cm³/mol. The summed E-state index contributed by atoms with van der Waals surface area (Å²) in [6.45, 7) is 4.02. The van der Waals surface area contributed by atoms with Crippen molar-refractivity contribution in [1.82, 2.24) is 9.97 Å². The summed E-state index contributed by atoms with van der Waals surface area (Å²) in [7, 11) is 1.69. The number of nitrogens with zero attached hydrogens (tertiary/aromatic N) is 2. The van der Waals surface area contributed by atoms with Crippen molar-refractivity contribution in [2.75, 3.05) is 26.9 Å². The summed E-state index contributed by atoms with van der Waals surface area (Å²) in [6, 6.07) is 15.7. The van der Waals surface area contributed by atoms with Crippen LogP contribution >= 0.6 is 0 Å². The summed E-state index contributed by atoms with van der Waals surface area (Å²) in [5.41, 5.74) is 1.80. The number of fused-ring (bicyclic) bond motifs is 1. The first-order valence-corrected chi connectivity index (χ1v) is 8.93. The van der Waals surface area contributed by atoms with Gasteiger partial charge >= 0.3 is 0 Å². The lowest BCUT2D eigenvalue weighted by Gasteiger charge is -2.11. The van der Waals surface area contributed by atoms with E-state index in [-0.39, 0.29) is 0 Å². The van der Waals surface area contributed by atoms with Gasteiger partial charge in [0.05, 0.1) is 24.1 Å². The quantitative estimate of drug-likeness (QED) is 0.531. The highest BCUT2D eigenvalue weighted by Crippen LogP contribution is 2.27. The Morgan fingerprint density at radius 2 is 1.65 bits per heavy atom. The third-order valence-corrected chi connectivity index (χ3v) is 3.89. The fourth-order valence-electron chi connectivity index (χ4n) is 2.58. The summed E-state index contributed by atoms with van der Waals surface area (Å²) < 4.78 is 16.6. The van der Waals surface area contributed by atoms with Gasteiger partial charge in [0.25, 0.3) is 0 Å². The number of hydrogen-bond donors (Lipinski definition) is 0. The molecule has 2 aromatic carbocycles. The first-order chi connectivity index (χ1) is 12.8. The van der Waals surface area contributed by atoms with E-state index in [1.165, 1.54) is 0 Å². The van der Waals surface area contributed by atoms with Crippen molar-refractivity contribution in [3.63, 3.8) is 0 Å². The molecule has 0 aliphatic carbocycles. The molecule has 1 aromatic heterocycles. The molecular weight excluding hydrogens is 328 g/mol. The molecule has 0 atom stereocenters. The van der Waals surface area contributed by atoms with Crippen LogP contribution < -0.4 is 9.47 Å². The monoisotopic (exact) mass is 352 g/mol. The summed E-state index contributed by atoms with van der Waals surface area (Å²) in [4.78, 5) is 9.33. The number of para-hydroxylation sites is 1. The lowest BCUT2D eigenvalue weighted by Crippen LogP contribution is -2.04. The van der Waals surface area contributed by atoms with Gasteiger partial charge in [0.2, 0.25) is 5.88 Å². The summed E-state index contributed by atoms with van der Waals surface area (Å²) >= 11 is 0. The van der Waals surface area contributed by atoms with Gasteiger partial charge in [-0.25, -0.2) is 4.98 Å². The Hall–Kier alpha value is -2.66. The second kappa shape index (κ2) is 9.15. The normalized spacial score (nSPS) is 10.8. The maximum Gasteiger partial charge on any atom is 0.225 e. The molecule has 0 fully saturated rings. The van der Waals surface area contributed by atoms with E-state index in [0.717, 1.165) is 35.1 Å².